The molecular formula is C24H23ClN2O4S. The van der Waals surface area contributed by atoms with Crippen molar-refractivity contribution >= 4 is 33.2 Å². The van der Waals surface area contributed by atoms with E-state index in [1.54, 1.807) is 53.4 Å². The summed E-state index contributed by atoms with van der Waals surface area (Å²) in [6.07, 6.45) is 1.62. The molecule has 3 aromatic carbocycles. The number of phenolic OH excluding ortho intramolecular Hbond substituents is 1. The van der Waals surface area contributed by atoms with Gasteiger partial charge in [-0.25, -0.2) is 8.42 Å². The lowest BCUT2D eigenvalue weighted by Gasteiger charge is -2.32. The molecule has 6 nitrogen and oxygen atoms in total. The smallest absolute Gasteiger partial charge is 0.261 e. The number of hydrogen-bond donors (Lipinski definition) is 2. The number of aromatic hydroxyl groups is 1. The lowest BCUT2D eigenvalue weighted by Crippen LogP contribution is -2.38. The number of carbonyl (C=O) groups is 1. The number of amides is 1. The van der Waals surface area contributed by atoms with E-state index >= 15 is 0 Å². The molecule has 0 saturated carbocycles. The summed E-state index contributed by atoms with van der Waals surface area (Å²) in [7, 11) is -3.85. The van der Waals surface area contributed by atoms with Crippen molar-refractivity contribution in [3.63, 3.8) is 0 Å². The molecule has 1 amide bonds. The number of nitrogens with one attached hydrogen (secondary N) is 1. The molecular weight excluding hydrogens is 448 g/mol. The molecule has 0 atom stereocenters. The Morgan fingerprint density at radius 2 is 1.62 bits per heavy atom. The standard InChI is InChI=1S/C24H23ClN2O4S/c25-20-6-8-21(9-7-20)26-32(30,31)23-3-1-2-19(16-23)24(29)27-14-12-18(13-15-27)17-4-10-22(28)11-5-17/h1-11,16,18,26,28H,12-15H2. The summed E-state index contributed by atoms with van der Waals surface area (Å²) in [5, 5.41) is 9.97. The summed E-state index contributed by atoms with van der Waals surface area (Å²) in [5.74, 6) is 0.384. The number of likely N-dealkylation sites (tertiary alicyclic amines) is 1. The minimum Gasteiger partial charge on any atom is -0.508 e. The minimum atomic E-state index is -3.85. The van der Waals surface area contributed by atoms with Crippen molar-refractivity contribution in [3.8, 4) is 5.75 Å². The van der Waals surface area contributed by atoms with Gasteiger partial charge in [0, 0.05) is 29.4 Å². The highest BCUT2D eigenvalue weighted by Crippen LogP contribution is 2.30. The summed E-state index contributed by atoms with van der Waals surface area (Å²) in [4.78, 5) is 14.8. The molecule has 1 aliphatic heterocycles. The van der Waals surface area contributed by atoms with Crippen molar-refractivity contribution in [2.24, 2.45) is 0 Å². The monoisotopic (exact) mass is 470 g/mol. The molecule has 1 heterocycles. The van der Waals surface area contributed by atoms with E-state index in [1.165, 1.54) is 12.1 Å². The highest BCUT2D eigenvalue weighted by atomic mass is 35.5. The van der Waals surface area contributed by atoms with Crippen molar-refractivity contribution in [1.82, 2.24) is 4.90 Å². The molecule has 1 saturated heterocycles. The quantitative estimate of drug-likeness (QED) is 0.557. The Morgan fingerprint density at radius 3 is 2.28 bits per heavy atom. The van der Waals surface area contributed by atoms with E-state index in [1.807, 2.05) is 12.1 Å². The third-order valence-electron chi connectivity index (χ3n) is 5.63. The Hall–Kier alpha value is -3.03. The van der Waals surface area contributed by atoms with E-state index in [0.717, 1.165) is 18.4 Å². The van der Waals surface area contributed by atoms with Crippen LogP contribution in [0.4, 0.5) is 5.69 Å². The van der Waals surface area contributed by atoms with E-state index in [4.69, 9.17) is 11.6 Å². The summed E-state index contributed by atoms with van der Waals surface area (Å²) in [6, 6.07) is 19.6. The highest BCUT2D eigenvalue weighted by molar-refractivity contribution is 7.92. The molecule has 2 N–H and O–H groups in total. The molecule has 0 radical (unpaired) electrons. The topological polar surface area (TPSA) is 86.7 Å². The zero-order chi connectivity index (χ0) is 22.7. The van der Waals surface area contributed by atoms with Crippen LogP contribution < -0.4 is 4.72 Å². The number of phenols is 1. The SMILES string of the molecule is O=C(c1cccc(S(=O)(=O)Nc2ccc(Cl)cc2)c1)N1CCC(c2ccc(O)cc2)CC1. The van der Waals surface area contributed by atoms with Crippen molar-refractivity contribution in [2.75, 3.05) is 17.8 Å². The van der Waals surface area contributed by atoms with Crippen LogP contribution in [0.2, 0.25) is 5.02 Å². The number of anilines is 1. The molecule has 1 fully saturated rings. The molecule has 8 heteroatoms. The Morgan fingerprint density at radius 1 is 0.969 bits per heavy atom. The normalized spacial score (nSPS) is 14.8. The fourth-order valence-corrected chi connectivity index (χ4v) is 5.10. The number of sulfonamides is 1. The highest BCUT2D eigenvalue weighted by Gasteiger charge is 2.25. The van der Waals surface area contributed by atoms with Gasteiger partial charge in [0.25, 0.3) is 15.9 Å². The number of halogens is 1. The van der Waals surface area contributed by atoms with E-state index < -0.39 is 10.0 Å². The average Bonchev–Trinajstić information content (AvgIpc) is 2.81. The molecule has 0 aliphatic carbocycles. The first-order valence-corrected chi connectivity index (χ1v) is 12.1. The van der Waals surface area contributed by atoms with Crippen LogP contribution >= 0.6 is 11.6 Å². The zero-order valence-electron chi connectivity index (χ0n) is 17.2. The molecule has 4 rings (SSSR count). The second kappa shape index (κ2) is 9.22. The Balaban J connectivity index is 1.44. The Kier molecular flexibility index (Phi) is 6.39. The first-order chi connectivity index (χ1) is 15.3. The van der Waals surface area contributed by atoms with Gasteiger partial charge in [-0.05, 0) is 78.9 Å². The van der Waals surface area contributed by atoms with Crippen molar-refractivity contribution in [1.29, 1.82) is 0 Å². The van der Waals surface area contributed by atoms with E-state index in [9.17, 15) is 18.3 Å². The van der Waals surface area contributed by atoms with Gasteiger partial charge in [-0.2, -0.15) is 0 Å². The maximum atomic E-state index is 13.0. The predicted octanol–water partition coefficient (Wildman–Crippen LogP) is 4.87. The summed E-state index contributed by atoms with van der Waals surface area (Å²) in [5.41, 5.74) is 1.88. The van der Waals surface area contributed by atoms with Crippen molar-refractivity contribution < 1.29 is 18.3 Å². The second-order valence-corrected chi connectivity index (χ2v) is 9.92. The van der Waals surface area contributed by atoms with Crippen LogP contribution in [0.25, 0.3) is 0 Å². The van der Waals surface area contributed by atoms with Crippen molar-refractivity contribution in [2.45, 2.75) is 23.7 Å². The van der Waals surface area contributed by atoms with Gasteiger partial charge in [0.2, 0.25) is 0 Å². The first kappa shape index (κ1) is 22.2. The second-order valence-electron chi connectivity index (χ2n) is 7.80. The number of rotatable bonds is 5. The molecule has 0 unspecified atom stereocenters. The number of nitrogens with zero attached hydrogens (tertiary/aromatic N) is 1. The summed E-state index contributed by atoms with van der Waals surface area (Å²) < 4.78 is 28.1. The van der Waals surface area contributed by atoms with Gasteiger partial charge >= 0.3 is 0 Å². The van der Waals surface area contributed by atoms with Crippen molar-refractivity contribution in [3.05, 3.63) is 88.9 Å². The number of benzene rings is 3. The van der Waals surface area contributed by atoms with E-state index in [0.29, 0.717) is 35.3 Å². The third-order valence-corrected chi connectivity index (χ3v) is 7.27. The van der Waals surface area contributed by atoms with E-state index in [-0.39, 0.29) is 16.6 Å². The van der Waals surface area contributed by atoms with Crippen LogP contribution in [-0.2, 0) is 10.0 Å². The fraction of sp³-hybridized carbons (Fsp3) is 0.208. The third kappa shape index (κ3) is 5.06. The lowest BCUT2D eigenvalue weighted by molar-refractivity contribution is 0.0712. The zero-order valence-corrected chi connectivity index (χ0v) is 18.8. The molecule has 0 bridgehead atoms. The molecule has 0 spiro atoms. The lowest BCUT2D eigenvalue weighted by atomic mass is 9.89. The summed E-state index contributed by atoms with van der Waals surface area (Å²) >= 11 is 5.85. The van der Waals surface area contributed by atoms with Gasteiger partial charge in [-0.1, -0.05) is 29.8 Å². The minimum absolute atomic E-state index is 0.0253. The molecule has 0 aromatic heterocycles. The number of carbonyl (C=O) groups excluding carboxylic acids is 1. The van der Waals surface area contributed by atoms with Gasteiger partial charge in [-0.15, -0.1) is 0 Å². The van der Waals surface area contributed by atoms with Gasteiger partial charge < -0.3 is 10.0 Å². The van der Waals surface area contributed by atoms with E-state index in [2.05, 4.69) is 4.72 Å². The van der Waals surface area contributed by atoms with Crippen LogP contribution in [0.5, 0.6) is 5.75 Å². The maximum absolute atomic E-state index is 13.0. The number of piperidine rings is 1. The van der Waals surface area contributed by atoms with Crippen LogP contribution in [-0.4, -0.2) is 37.4 Å². The largest absolute Gasteiger partial charge is 0.508 e. The van der Waals surface area contributed by atoms with Crippen LogP contribution in [0.3, 0.4) is 0 Å². The predicted molar refractivity (Wildman–Crippen MR) is 125 cm³/mol. The first-order valence-electron chi connectivity index (χ1n) is 10.3. The average molecular weight is 471 g/mol. The molecule has 166 valence electrons. The number of hydrogen-bond acceptors (Lipinski definition) is 4. The fourth-order valence-electron chi connectivity index (χ4n) is 3.87. The Bertz CT molecular complexity index is 1200. The molecule has 3 aromatic rings. The molecule has 32 heavy (non-hydrogen) atoms. The van der Waals surface area contributed by atoms with Crippen LogP contribution in [0, 0.1) is 0 Å². The summed E-state index contributed by atoms with van der Waals surface area (Å²) in [6.45, 7) is 1.18. The maximum Gasteiger partial charge on any atom is 0.261 e. The van der Waals surface area contributed by atoms with Gasteiger partial charge in [0.1, 0.15) is 5.75 Å². The molecule has 1 aliphatic rings. The van der Waals surface area contributed by atoms with Gasteiger partial charge in [0.15, 0.2) is 0 Å². The van der Waals surface area contributed by atoms with Crippen LogP contribution in [0.1, 0.15) is 34.7 Å². The van der Waals surface area contributed by atoms with Gasteiger partial charge in [0.05, 0.1) is 4.90 Å². The van der Waals surface area contributed by atoms with Crippen LogP contribution in [0.15, 0.2) is 77.7 Å². The Labute approximate surface area is 192 Å². The van der Waals surface area contributed by atoms with Gasteiger partial charge in [-0.3, -0.25) is 9.52 Å².